The van der Waals surface area contributed by atoms with Gasteiger partial charge in [-0.25, -0.2) is 4.98 Å². The highest BCUT2D eigenvalue weighted by atomic mass is 16.1. The quantitative estimate of drug-likeness (QED) is 0.559. The number of amides is 1. The number of nitrogens with zero attached hydrogens (tertiary/aromatic N) is 1. The maximum Gasteiger partial charge on any atom is 0.270 e. The minimum atomic E-state index is -0.0473. The summed E-state index contributed by atoms with van der Waals surface area (Å²) in [5.41, 5.74) is 3.62. The summed E-state index contributed by atoms with van der Waals surface area (Å²) >= 11 is 0. The van der Waals surface area contributed by atoms with E-state index in [1.165, 1.54) is 0 Å². The van der Waals surface area contributed by atoms with Crippen LogP contribution in [-0.2, 0) is 6.42 Å². The molecule has 3 aromatic rings. The lowest BCUT2D eigenvalue weighted by Gasteiger charge is -1.96. The zero-order chi connectivity index (χ0) is 12.1. The van der Waals surface area contributed by atoms with Gasteiger partial charge in [0.05, 0.1) is 11.0 Å². The number of aromatic nitrogens is 3. The van der Waals surface area contributed by atoms with E-state index in [1.54, 1.807) is 0 Å². The zero-order valence-electron chi connectivity index (χ0n) is 9.71. The van der Waals surface area contributed by atoms with Crippen LogP contribution in [0.5, 0.6) is 0 Å². The summed E-state index contributed by atoms with van der Waals surface area (Å²) in [7, 11) is 0. The molecule has 0 spiro atoms. The van der Waals surface area contributed by atoms with Gasteiger partial charge in [0, 0.05) is 23.5 Å². The first-order chi connectivity index (χ1) is 8.83. The molecule has 0 unspecified atom stereocenters. The van der Waals surface area contributed by atoms with E-state index in [1.807, 2.05) is 12.3 Å². The molecule has 0 fully saturated rings. The predicted octanol–water partition coefficient (Wildman–Crippen LogP) is 1.72. The third-order valence-electron chi connectivity index (χ3n) is 3.55. The van der Waals surface area contributed by atoms with Crippen LogP contribution >= 0.6 is 0 Å². The summed E-state index contributed by atoms with van der Waals surface area (Å²) in [5.74, 6) is -0.0473. The van der Waals surface area contributed by atoms with E-state index >= 15 is 0 Å². The molecule has 1 aliphatic heterocycles. The smallest absolute Gasteiger partial charge is 0.270 e. The molecule has 0 saturated heterocycles. The number of fused-ring (bicyclic) bond motifs is 4. The SMILES string of the molecule is O=C1NCCCc2c1nc1cc3c[nH][nH]c3cc21. The standard InChI is InChI=1S/C13H12N4O/c18-13-12-8(2-1-3-14-13)9-5-10-7(6-15-17-10)4-11(9)16-12/h4-6,15,17H,1-3H2,(H,14,18). The lowest BCUT2D eigenvalue weighted by Crippen LogP contribution is -2.22. The molecular formula is C13H12N4O. The van der Waals surface area contributed by atoms with Crippen molar-refractivity contribution >= 4 is 27.7 Å². The van der Waals surface area contributed by atoms with Crippen LogP contribution in [0, 0.1) is 0 Å². The maximum atomic E-state index is 11.9. The number of aromatic amines is 2. The second-order valence-electron chi connectivity index (χ2n) is 4.67. The number of carbonyl (C=O) groups is 1. The van der Waals surface area contributed by atoms with Crippen molar-refractivity contribution in [3.05, 3.63) is 29.6 Å². The Morgan fingerprint density at radius 2 is 2.22 bits per heavy atom. The van der Waals surface area contributed by atoms with Gasteiger partial charge in [0.1, 0.15) is 5.69 Å². The summed E-state index contributed by atoms with van der Waals surface area (Å²) < 4.78 is 0. The number of hydrogen-bond acceptors (Lipinski definition) is 2. The molecule has 1 aliphatic rings. The van der Waals surface area contributed by atoms with Crippen LogP contribution < -0.4 is 5.32 Å². The van der Waals surface area contributed by atoms with Gasteiger partial charge < -0.3 is 15.5 Å². The van der Waals surface area contributed by atoms with Crippen LogP contribution in [0.2, 0.25) is 0 Å². The normalized spacial score (nSPS) is 15.7. The van der Waals surface area contributed by atoms with Crippen molar-refractivity contribution in [3.8, 4) is 0 Å². The van der Waals surface area contributed by atoms with Crippen molar-refractivity contribution in [1.82, 2.24) is 20.5 Å². The van der Waals surface area contributed by atoms with Gasteiger partial charge >= 0.3 is 0 Å². The Labute approximate surface area is 103 Å². The van der Waals surface area contributed by atoms with Crippen LogP contribution in [0.1, 0.15) is 22.5 Å². The van der Waals surface area contributed by atoms with Crippen molar-refractivity contribution in [2.75, 3.05) is 6.54 Å². The van der Waals surface area contributed by atoms with Crippen LogP contribution in [0.15, 0.2) is 18.3 Å². The molecule has 0 atom stereocenters. The van der Waals surface area contributed by atoms with E-state index in [2.05, 4.69) is 26.6 Å². The van der Waals surface area contributed by atoms with Gasteiger partial charge in [0.2, 0.25) is 0 Å². The van der Waals surface area contributed by atoms with Gasteiger partial charge in [-0.1, -0.05) is 0 Å². The highest BCUT2D eigenvalue weighted by molar-refractivity contribution is 6.04. The van der Waals surface area contributed by atoms with Gasteiger partial charge in [-0.05, 0) is 30.5 Å². The fraction of sp³-hybridized carbons (Fsp3) is 0.231. The molecule has 3 N–H and O–H groups in total. The van der Waals surface area contributed by atoms with Gasteiger partial charge in [-0.3, -0.25) is 4.79 Å². The summed E-state index contributed by atoms with van der Waals surface area (Å²) in [6.45, 7) is 0.731. The maximum absolute atomic E-state index is 11.9. The summed E-state index contributed by atoms with van der Waals surface area (Å²) in [6, 6.07) is 4.09. The molecule has 0 aliphatic carbocycles. The Hall–Kier alpha value is -2.30. The first kappa shape index (κ1) is 9.70. The van der Waals surface area contributed by atoms with Gasteiger partial charge in [-0.2, -0.15) is 0 Å². The first-order valence-electron chi connectivity index (χ1n) is 6.09. The number of benzene rings is 1. The minimum absolute atomic E-state index is 0.0473. The third kappa shape index (κ3) is 1.21. The average Bonchev–Trinajstić information content (AvgIpc) is 2.91. The lowest BCUT2D eigenvalue weighted by molar-refractivity contribution is 0.0952. The zero-order valence-corrected chi connectivity index (χ0v) is 9.71. The van der Waals surface area contributed by atoms with Gasteiger partial charge in [0.15, 0.2) is 0 Å². The van der Waals surface area contributed by atoms with Crippen molar-refractivity contribution in [3.63, 3.8) is 0 Å². The average molecular weight is 240 g/mol. The molecule has 5 nitrogen and oxygen atoms in total. The van der Waals surface area contributed by atoms with E-state index in [0.29, 0.717) is 5.69 Å². The largest absolute Gasteiger partial charge is 0.351 e. The van der Waals surface area contributed by atoms with Crippen LogP contribution in [0.4, 0.5) is 0 Å². The second-order valence-corrected chi connectivity index (χ2v) is 4.67. The predicted molar refractivity (Wildman–Crippen MR) is 68.6 cm³/mol. The number of hydrogen-bond donors (Lipinski definition) is 3. The molecule has 1 aromatic carbocycles. The molecule has 90 valence electrons. The highest BCUT2D eigenvalue weighted by Crippen LogP contribution is 2.28. The van der Waals surface area contributed by atoms with E-state index in [9.17, 15) is 4.79 Å². The first-order valence-corrected chi connectivity index (χ1v) is 6.09. The van der Waals surface area contributed by atoms with Crippen molar-refractivity contribution in [2.24, 2.45) is 0 Å². The number of aryl methyl sites for hydroxylation is 1. The Balaban J connectivity index is 2.08. The van der Waals surface area contributed by atoms with E-state index in [0.717, 1.165) is 46.8 Å². The van der Waals surface area contributed by atoms with Crippen molar-refractivity contribution < 1.29 is 4.79 Å². The number of H-pyrrole nitrogens is 2. The lowest BCUT2D eigenvalue weighted by atomic mass is 10.1. The fourth-order valence-electron chi connectivity index (χ4n) is 2.67. The molecule has 3 heterocycles. The Bertz CT molecular complexity index is 768. The number of carbonyl (C=O) groups excluding carboxylic acids is 1. The van der Waals surface area contributed by atoms with Crippen molar-refractivity contribution in [2.45, 2.75) is 12.8 Å². The fourth-order valence-corrected chi connectivity index (χ4v) is 2.67. The topological polar surface area (TPSA) is 73.6 Å². The van der Waals surface area contributed by atoms with Crippen LogP contribution in [-0.4, -0.2) is 27.6 Å². The summed E-state index contributed by atoms with van der Waals surface area (Å²) in [6.07, 6.45) is 3.77. The van der Waals surface area contributed by atoms with Crippen molar-refractivity contribution in [1.29, 1.82) is 0 Å². The molecule has 4 rings (SSSR count). The molecule has 0 bridgehead atoms. The molecule has 0 saturated carbocycles. The molecule has 0 radical (unpaired) electrons. The highest BCUT2D eigenvalue weighted by Gasteiger charge is 2.21. The van der Waals surface area contributed by atoms with Crippen LogP contribution in [0.3, 0.4) is 0 Å². The van der Waals surface area contributed by atoms with E-state index in [-0.39, 0.29) is 5.91 Å². The molecule has 1 amide bonds. The summed E-state index contributed by atoms with van der Waals surface area (Å²) in [4.78, 5) is 16.4. The Morgan fingerprint density at radius 1 is 1.28 bits per heavy atom. The van der Waals surface area contributed by atoms with E-state index < -0.39 is 0 Å². The van der Waals surface area contributed by atoms with Crippen LogP contribution in [0.25, 0.3) is 21.8 Å². The Kier molecular flexibility index (Phi) is 1.81. The third-order valence-corrected chi connectivity index (χ3v) is 3.55. The molecular weight excluding hydrogens is 228 g/mol. The number of rotatable bonds is 0. The number of nitrogens with one attached hydrogen (secondary N) is 3. The Morgan fingerprint density at radius 3 is 3.17 bits per heavy atom. The molecule has 18 heavy (non-hydrogen) atoms. The molecule has 5 heteroatoms. The van der Waals surface area contributed by atoms with Gasteiger partial charge in [0.25, 0.3) is 5.91 Å². The second kappa shape index (κ2) is 3.35. The minimum Gasteiger partial charge on any atom is -0.351 e. The van der Waals surface area contributed by atoms with E-state index in [4.69, 9.17) is 0 Å². The van der Waals surface area contributed by atoms with Gasteiger partial charge in [-0.15, -0.1) is 0 Å². The monoisotopic (exact) mass is 240 g/mol. The summed E-state index contributed by atoms with van der Waals surface area (Å²) in [5, 5.41) is 11.1. The molecule has 2 aromatic heterocycles.